The van der Waals surface area contributed by atoms with E-state index in [1.54, 1.807) is 27.7 Å². The first kappa shape index (κ1) is 29.5. The van der Waals surface area contributed by atoms with Gasteiger partial charge in [0.05, 0.1) is 46.2 Å². The maximum atomic E-state index is 8.43. The molecule has 0 heterocycles. The van der Waals surface area contributed by atoms with Crippen LogP contribution in [0.15, 0.2) is 12.7 Å². The molecule has 0 rings (SSSR count). The summed E-state index contributed by atoms with van der Waals surface area (Å²) in [5.41, 5.74) is -0.611. The van der Waals surface area contributed by atoms with Crippen molar-refractivity contribution < 1.29 is 35.7 Å². The standard InChI is InChI=1S/2C5H12O2.C3H6O.C2H6O2/c2*1-5(2,3-6)4-7;1-2-3-4;3-1-2-4/h2*6-7H,3-4H2,1-2H3;2,4H,1,3H2;3-4H,1-2H2. The third-order valence-corrected chi connectivity index (χ3v) is 1.94. The molecular formula is C15H36O7. The Balaban J connectivity index is -0.000000102. The molecule has 7 N–H and O–H groups in total. The molecule has 0 spiro atoms. The summed E-state index contributed by atoms with van der Waals surface area (Å²) in [7, 11) is 0. The molecule has 22 heavy (non-hydrogen) atoms. The van der Waals surface area contributed by atoms with Gasteiger partial charge in [0.15, 0.2) is 0 Å². The first-order chi connectivity index (χ1) is 10.1. The lowest BCUT2D eigenvalue weighted by molar-refractivity contribution is 0.0855. The number of hydrogen-bond acceptors (Lipinski definition) is 7. The van der Waals surface area contributed by atoms with E-state index in [-0.39, 0.29) is 57.1 Å². The van der Waals surface area contributed by atoms with Crippen molar-refractivity contribution in [3.05, 3.63) is 12.7 Å². The zero-order chi connectivity index (χ0) is 18.7. The van der Waals surface area contributed by atoms with E-state index in [2.05, 4.69) is 6.58 Å². The predicted octanol–water partition coefficient (Wildman–Crippen LogP) is -0.870. The summed E-state index contributed by atoms with van der Waals surface area (Å²) in [6, 6.07) is 0. The third kappa shape index (κ3) is 36.6. The zero-order valence-corrected chi connectivity index (χ0v) is 14.4. The van der Waals surface area contributed by atoms with E-state index in [9.17, 15) is 0 Å². The average Bonchev–Trinajstić information content (AvgIpc) is 2.55. The second kappa shape index (κ2) is 20.5. The number of hydrogen-bond donors (Lipinski definition) is 7. The van der Waals surface area contributed by atoms with E-state index in [1.165, 1.54) is 6.08 Å². The van der Waals surface area contributed by atoms with Crippen LogP contribution in [0, 0.1) is 10.8 Å². The van der Waals surface area contributed by atoms with Crippen molar-refractivity contribution in [3.8, 4) is 0 Å². The van der Waals surface area contributed by atoms with Crippen LogP contribution < -0.4 is 0 Å². The summed E-state index contributed by atoms with van der Waals surface area (Å²) in [6.45, 7) is 10.4. The Kier molecular flexibility index (Phi) is 27.4. The molecule has 0 aliphatic carbocycles. The van der Waals surface area contributed by atoms with Gasteiger partial charge in [0.25, 0.3) is 0 Å². The predicted molar refractivity (Wildman–Crippen MR) is 87.4 cm³/mol. The van der Waals surface area contributed by atoms with E-state index in [0.717, 1.165) is 0 Å². The van der Waals surface area contributed by atoms with Crippen LogP contribution in [0.1, 0.15) is 27.7 Å². The highest BCUT2D eigenvalue weighted by Gasteiger charge is 2.13. The molecule has 0 bridgehead atoms. The molecule has 0 unspecified atom stereocenters. The molecule has 0 aliphatic heterocycles. The fourth-order valence-electron chi connectivity index (χ4n) is 0.1000. The van der Waals surface area contributed by atoms with Gasteiger partial charge in [0, 0.05) is 10.8 Å². The molecule has 0 amide bonds. The van der Waals surface area contributed by atoms with E-state index in [0.29, 0.717) is 0 Å². The molecule has 138 valence electrons. The second-order valence-corrected chi connectivity index (χ2v) is 5.88. The molecule has 0 saturated heterocycles. The Bertz CT molecular complexity index is 176. The van der Waals surface area contributed by atoms with Crippen LogP contribution in [0.25, 0.3) is 0 Å². The monoisotopic (exact) mass is 328 g/mol. The van der Waals surface area contributed by atoms with Crippen LogP contribution in [0.2, 0.25) is 0 Å². The van der Waals surface area contributed by atoms with Gasteiger partial charge in [-0.2, -0.15) is 0 Å². The first-order valence-electron chi connectivity index (χ1n) is 6.94. The van der Waals surface area contributed by atoms with Gasteiger partial charge in [-0.15, -0.1) is 6.58 Å². The van der Waals surface area contributed by atoms with Gasteiger partial charge >= 0.3 is 0 Å². The Morgan fingerprint density at radius 3 is 0.818 bits per heavy atom. The van der Waals surface area contributed by atoms with E-state index >= 15 is 0 Å². The van der Waals surface area contributed by atoms with Crippen molar-refractivity contribution in [1.29, 1.82) is 0 Å². The van der Waals surface area contributed by atoms with Crippen LogP contribution in [-0.4, -0.2) is 82.0 Å². The van der Waals surface area contributed by atoms with Crippen LogP contribution in [0.5, 0.6) is 0 Å². The van der Waals surface area contributed by atoms with Crippen LogP contribution in [0.3, 0.4) is 0 Å². The van der Waals surface area contributed by atoms with Gasteiger partial charge in [0.1, 0.15) is 0 Å². The zero-order valence-electron chi connectivity index (χ0n) is 14.4. The van der Waals surface area contributed by atoms with Crippen LogP contribution in [0.4, 0.5) is 0 Å². The summed E-state index contributed by atoms with van der Waals surface area (Å²) < 4.78 is 0. The highest BCUT2D eigenvalue weighted by molar-refractivity contribution is 4.63. The quantitative estimate of drug-likeness (QED) is 0.314. The van der Waals surface area contributed by atoms with Gasteiger partial charge < -0.3 is 35.7 Å². The molecule has 7 nitrogen and oxygen atoms in total. The molecule has 0 radical (unpaired) electrons. The van der Waals surface area contributed by atoms with Crippen molar-refractivity contribution in [2.24, 2.45) is 10.8 Å². The fourth-order valence-corrected chi connectivity index (χ4v) is 0.1000. The SMILES string of the molecule is C=CCO.CC(C)(CO)CO.CC(C)(CO)CO.OCCO. The van der Waals surface area contributed by atoms with Crippen molar-refractivity contribution >= 4 is 0 Å². The lowest BCUT2D eigenvalue weighted by Gasteiger charge is -2.16. The second-order valence-electron chi connectivity index (χ2n) is 5.88. The summed E-state index contributed by atoms with van der Waals surface area (Å²) >= 11 is 0. The van der Waals surface area contributed by atoms with Gasteiger partial charge in [-0.25, -0.2) is 0 Å². The molecule has 0 aromatic rings. The Labute approximate surface area is 134 Å². The van der Waals surface area contributed by atoms with E-state index in [4.69, 9.17) is 35.7 Å². The van der Waals surface area contributed by atoms with Gasteiger partial charge in [-0.3, -0.25) is 0 Å². The fraction of sp³-hybridized carbons (Fsp3) is 0.867. The van der Waals surface area contributed by atoms with E-state index in [1.807, 2.05) is 0 Å². The summed E-state index contributed by atoms with van der Waals surface area (Å²) in [5, 5.41) is 56.7. The van der Waals surface area contributed by atoms with Crippen molar-refractivity contribution in [2.75, 3.05) is 46.2 Å². The van der Waals surface area contributed by atoms with Gasteiger partial charge in [-0.1, -0.05) is 33.8 Å². The van der Waals surface area contributed by atoms with Crippen molar-refractivity contribution in [1.82, 2.24) is 0 Å². The molecule has 0 aliphatic rings. The molecule has 0 atom stereocenters. The third-order valence-electron chi connectivity index (χ3n) is 1.94. The van der Waals surface area contributed by atoms with Crippen LogP contribution in [-0.2, 0) is 0 Å². The first-order valence-corrected chi connectivity index (χ1v) is 6.94. The minimum atomic E-state index is -0.306. The lowest BCUT2D eigenvalue weighted by Crippen LogP contribution is -2.20. The Morgan fingerprint density at radius 1 is 0.636 bits per heavy atom. The molecule has 0 aromatic carbocycles. The minimum absolute atomic E-state index is 0.0451. The summed E-state index contributed by atoms with van der Waals surface area (Å²) in [6.07, 6.45) is 1.43. The van der Waals surface area contributed by atoms with Crippen molar-refractivity contribution in [2.45, 2.75) is 27.7 Å². The summed E-state index contributed by atoms with van der Waals surface area (Å²) in [4.78, 5) is 0. The maximum absolute atomic E-state index is 8.43. The largest absolute Gasteiger partial charge is 0.396 e. The normalized spacial score (nSPS) is 10.1. The highest BCUT2D eigenvalue weighted by atomic mass is 16.3. The number of aliphatic hydroxyl groups is 7. The van der Waals surface area contributed by atoms with Gasteiger partial charge in [0.2, 0.25) is 0 Å². The maximum Gasteiger partial charge on any atom is 0.0662 e. The average molecular weight is 328 g/mol. The number of rotatable bonds is 6. The number of aliphatic hydroxyl groups excluding tert-OH is 7. The van der Waals surface area contributed by atoms with Gasteiger partial charge in [-0.05, 0) is 0 Å². The van der Waals surface area contributed by atoms with E-state index < -0.39 is 0 Å². The Morgan fingerprint density at radius 2 is 0.818 bits per heavy atom. The summed E-state index contributed by atoms with van der Waals surface area (Å²) in [5.74, 6) is 0. The van der Waals surface area contributed by atoms with Crippen molar-refractivity contribution in [3.63, 3.8) is 0 Å². The minimum Gasteiger partial charge on any atom is -0.396 e. The topological polar surface area (TPSA) is 142 Å². The molecule has 0 saturated carbocycles. The Hall–Kier alpha value is -0.540. The smallest absolute Gasteiger partial charge is 0.0662 e. The van der Waals surface area contributed by atoms with Crippen LogP contribution >= 0.6 is 0 Å². The lowest BCUT2D eigenvalue weighted by atomic mass is 9.97. The molecule has 7 heteroatoms. The molecule has 0 aromatic heterocycles. The molecule has 0 fully saturated rings. The highest BCUT2D eigenvalue weighted by Crippen LogP contribution is 2.10. The molecular weight excluding hydrogens is 292 g/mol.